The lowest BCUT2D eigenvalue weighted by atomic mass is 9.98. The number of alkyl carbamates (subject to hydrolysis) is 1. The maximum absolute atomic E-state index is 14.2. The van der Waals surface area contributed by atoms with E-state index in [4.69, 9.17) is 14.7 Å². The summed E-state index contributed by atoms with van der Waals surface area (Å²) < 4.78 is 4.79. The summed E-state index contributed by atoms with van der Waals surface area (Å²) in [5, 5.41) is 19.1. The Morgan fingerprint density at radius 1 is 0.790 bits per heavy atom. The van der Waals surface area contributed by atoms with Crippen LogP contribution in [0.2, 0.25) is 0 Å². The summed E-state index contributed by atoms with van der Waals surface area (Å²) in [6.07, 6.45) is 2.43. The molecule has 2 aliphatic rings. The molecule has 2 aromatic heterocycles. The largest absolute Gasteiger partial charge is 0.465 e. The van der Waals surface area contributed by atoms with Crippen LogP contribution in [0.25, 0.3) is 54.7 Å². The van der Waals surface area contributed by atoms with Gasteiger partial charge < -0.3 is 40.2 Å². The monoisotopic (exact) mass is 852 g/mol. The van der Waals surface area contributed by atoms with Crippen LogP contribution in [0.4, 0.5) is 9.59 Å². The van der Waals surface area contributed by atoms with Crippen LogP contribution in [0.3, 0.4) is 0 Å². The lowest BCUT2D eigenvalue weighted by Crippen LogP contribution is -2.51. The van der Waals surface area contributed by atoms with Gasteiger partial charge in [-0.3, -0.25) is 9.59 Å². The number of rotatable bonds is 10. The summed E-state index contributed by atoms with van der Waals surface area (Å²) in [4.78, 5) is 72.5. The van der Waals surface area contributed by atoms with Crippen LogP contribution in [0.15, 0.2) is 91.0 Å². The second kappa shape index (κ2) is 16.7. The molecule has 7 aromatic rings. The molecule has 62 heavy (non-hydrogen) atoms. The third-order valence-electron chi connectivity index (χ3n) is 12.4. The van der Waals surface area contributed by atoms with E-state index in [2.05, 4.69) is 69.1 Å². The van der Waals surface area contributed by atoms with E-state index in [-0.39, 0.29) is 35.1 Å². The highest BCUT2D eigenvalue weighted by Gasteiger charge is 2.41. The number of aromatic nitrogens is 4. The van der Waals surface area contributed by atoms with Crippen molar-refractivity contribution in [2.45, 2.75) is 62.5 Å². The fourth-order valence-electron chi connectivity index (χ4n) is 9.22. The number of benzene rings is 5. The van der Waals surface area contributed by atoms with Crippen LogP contribution in [-0.2, 0) is 14.3 Å². The number of nitrogens with one attached hydrogen (secondary N) is 4. The van der Waals surface area contributed by atoms with Gasteiger partial charge in [0.15, 0.2) is 0 Å². The Bertz CT molecular complexity index is 2860. The standard InChI is InChI=1S/C47H48N8O6S/c1-25(2)38(53-47(60)61-3)44(56)54-20-8-11-36(54)42-48-34-18-14-29-21-27(12-16-32(29)40(34)50-42)28-13-17-33-30(22-28)15-19-35-41(33)51-43(49-35)37-23-31(62-4)24-55(37)45(57)39(52-46(58)59)26-9-6-5-7-10-26/h5-7,9-10,12-19,21-22,25,31,36-39,52H,8,11,20,23-24H2,1-4H3,(H,48,50)(H,49,51)(H,53,60)(H,58,59)/t31-,36-,37-,38-,39+/m0/s1. The molecule has 0 aliphatic carbocycles. The zero-order valence-corrected chi connectivity index (χ0v) is 35.7. The van der Waals surface area contributed by atoms with Crippen LogP contribution in [0, 0.1) is 5.92 Å². The zero-order valence-electron chi connectivity index (χ0n) is 34.8. The lowest BCUT2D eigenvalue weighted by Gasteiger charge is -2.29. The molecule has 9 rings (SSSR count). The van der Waals surface area contributed by atoms with Crippen molar-refractivity contribution in [1.29, 1.82) is 0 Å². The molecule has 4 heterocycles. The lowest BCUT2D eigenvalue weighted by molar-refractivity contribution is -0.135. The van der Waals surface area contributed by atoms with Crippen molar-refractivity contribution in [3.05, 3.63) is 108 Å². The molecule has 0 saturated carbocycles. The van der Waals surface area contributed by atoms with E-state index >= 15 is 0 Å². The summed E-state index contributed by atoms with van der Waals surface area (Å²) >= 11 is 1.69. The number of carbonyl (C=O) groups is 4. The minimum absolute atomic E-state index is 0.121. The number of fused-ring (bicyclic) bond motifs is 6. The van der Waals surface area contributed by atoms with E-state index < -0.39 is 24.3 Å². The Hall–Kier alpha value is -6.61. The summed E-state index contributed by atoms with van der Waals surface area (Å²) in [5.74, 6) is 0.832. The Morgan fingerprint density at radius 3 is 1.97 bits per heavy atom. The molecule has 0 spiro atoms. The number of imidazole rings is 2. The minimum Gasteiger partial charge on any atom is -0.465 e. The van der Waals surface area contributed by atoms with Crippen molar-refractivity contribution in [2.75, 3.05) is 26.5 Å². The number of thioether (sulfide) groups is 1. The molecule has 4 amide bonds. The van der Waals surface area contributed by atoms with Crippen LogP contribution in [0.1, 0.15) is 68.4 Å². The molecule has 0 radical (unpaired) electrons. The summed E-state index contributed by atoms with van der Waals surface area (Å²) in [5.41, 5.74) is 6.10. The van der Waals surface area contributed by atoms with Gasteiger partial charge in [0.1, 0.15) is 23.7 Å². The van der Waals surface area contributed by atoms with Gasteiger partial charge in [-0.25, -0.2) is 19.6 Å². The van der Waals surface area contributed by atoms with E-state index in [0.29, 0.717) is 30.9 Å². The van der Waals surface area contributed by atoms with Crippen molar-refractivity contribution in [2.24, 2.45) is 5.92 Å². The first-order chi connectivity index (χ1) is 30.0. The highest BCUT2D eigenvalue weighted by atomic mass is 32.2. The van der Waals surface area contributed by atoms with E-state index in [1.54, 1.807) is 40.9 Å². The Balaban J connectivity index is 0.986. The van der Waals surface area contributed by atoms with Crippen LogP contribution in [0.5, 0.6) is 0 Å². The quantitative estimate of drug-likeness (QED) is 0.0900. The van der Waals surface area contributed by atoms with Gasteiger partial charge in [0.2, 0.25) is 5.91 Å². The molecule has 5 aromatic carbocycles. The molecule has 2 saturated heterocycles. The highest BCUT2D eigenvalue weighted by Crippen LogP contribution is 2.40. The smallest absolute Gasteiger partial charge is 0.407 e. The summed E-state index contributed by atoms with van der Waals surface area (Å²) in [6.45, 7) is 4.87. The maximum Gasteiger partial charge on any atom is 0.407 e. The number of likely N-dealkylation sites (tertiary alicyclic amines) is 2. The number of amides is 4. The van der Waals surface area contributed by atoms with Crippen molar-refractivity contribution in [3.8, 4) is 11.1 Å². The molecule has 14 nitrogen and oxygen atoms in total. The SMILES string of the molecule is COC(=O)N[C@H](C(=O)N1CCC[C@H]1c1nc2ccc3cc(-c4ccc5c(ccc6nc([C@@H]7C[C@H](SC)CN7C(=O)[C@H](NC(=O)O)c7ccccc7)[nH]c65)c4)ccc3c2[nH]1)C(C)C. The number of hydrogen-bond donors (Lipinski definition) is 5. The van der Waals surface area contributed by atoms with Crippen molar-refractivity contribution >= 4 is 79.4 Å². The number of hydrogen-bond acceptors (Lipinski definition) is 8. The van der Waals surface area contributed by atoms with E-state index in [1.165, 1.54) is 7.11 Å². The molecular weight excluding hydrogens is 805 g/mol. The number of nitrogens with zero attached hydrogens (tertiary/aromatic N) is 4. The normalized spacial score (nSPS) is 18.8. The molecule has 5 N–H and O–H groups in total. The number of carboxylic acid groups (broad SMARTS) is 1. The fraction of sp³-hybridized carbons (Fsp3) is 0.319. The molecule has 0 bridgehead atoms. The average molecular weight is 853 g/mol. The number of aromatic amines is 2. The minimum atomic E-state index is -1.26. The molecule has 2 fully saturated rings. The number of H-pyrrole nitrogens is 2. The topological polar surface area (TPSA) is 186 Å². The van der Waals surface area contributed by atoms with Crippen LogP contribution >= 0.6 is 11.8 Å². The fourth-order valence-corrected chi connectivity index (χ4v) is 9.90. The molecule has 5 atom stereocenters. The molecule has 2 aliphatic heterocycles. The van der Waals surface area contributed by atoms with E-state index in [1.807, 2.05) is 43.2 Å². The first-order valence-electron chi connectivity index (χ1n) is 20.9. The summed E-state index contributed by atoms with van der Waals surface area (Å²) in [7, 11) is 1.29. The molecule has 318 valence electrons. The van der Waals surface area contributed by atoms with Crippen molar-refractivity contribution in [3.63, 3.8) is 0 Å². The first-order valence-corrected chi connectivity index (χ1v) is 22.2. The third-order valence-corrected chi connectivity index (χ3v) is 13.4. The van der Waals surface area contributed by atoms with Gasteiger partial charge in [0.25, 0.3) is 5.91 Å². The summed E-state index contributed by atoms with van der Waals surface area (Å²) in [6, 6.07) is 27.6. The van der Waals surface area contributed by atoms with E-state index in [0.717, 1.165) is 73.4 Å². The van der Waals surface area contributed by atoms with Crippen LogP contribution in [-0.4, -0.2) is 96.6 Å². The van der Waals surface area contributed by atoms with Crippen LogP contribution < -0.4 is 10.6 Å². The Kier molecular flexibility index (Phi) is 11.0. The average Bonchev–Trinajstić information content (AvgIpc) is 4.11. The molecule has 15 heteroatoms. The first kappa shape index (κ1) is 40.8. The van der Waals surface area contributed by atoms with Gasteiger partial charge in [-0.15, -0.1) is 0 Å². The number of methoxy groups -OCH3 is 1. The third kappa shape index (κ3) is 7.54. The molecular formula is C47H48N8O6S. The Morgan fingerprint density at radius 2 is 1.40 bits per heavy atom. The van der Waals surface area contributed by atoms with Gasteiger partial charge in [0.05, 0.1) is 41.3 Å². The van der Waals surface area contributed by atoms with Crippen molar-refractivity contribution in [1.82, 2.24) is 40.4 Å². The second-order valence-electron chi connectivity index (χ2n) is 16.5. The van der Waals surface area contributed by atoms with Gasteiger partial charge >= 0.3 is 12.2 Å². The van der Waals surface area contributed by atoms with E-state index in [9.17, 15) is 24.3 Å². The predicted molar refractivity (Wildman–Crippen MR) is 241 cm³/mol. The van der Waals surface area contributed by atoms with Gasteiger partial charge in [-0.1, -0.05) is 80.6 Å². The predicted octanol–water partition coefficient (Wildman–Crippen LogP) is 8.47. The van der Waals surface area contributed by atoms with Gasteiger partial charge in [-0.05, 0) is 83.2 Å². The number of carbonyl (C=O) groups excluding carboxylic acids is 3. The van der Waals surface area contributed by atoms with Gasteiger partial charge in [-0.2, -0.15) is 11.8 Å². The maximum atomic E-state index is 14.2. The Labute approximate surface area is 361 Å². The van der Waals surface area contributed by atoms with Crippen molar-refractivity contribution < 1.29 is 29.0 Å². The number of ether oxygens (including phenoxy) is 1. The van der Waals surface area contributed by atoms with Gasteiger partial charge in [0, 0.05) is 29.1 Å². The second-order valence-corrected chi connectivity index (χ2v) is 17.6. The molecule has 0 unspecified atom stereocenters. The zero-order chi connectivity index (χ0) is 43.2. The highest BCUT2D eigenvalue weighted by molar-refractivity contribution is 7.99.